The summed E-state index contributed by atoms with van der Waals surface area (Å²) >= 11 is 0. The maximum Gasteiger partial charge on any atom is 0.256 e. The number of H-pyrrole nitrogens is 1. The third kappa shape index (κ3) is 2.46. The summed E-state index contributed by atoms with van der Waals surface area (Å²) in [6.07, 6.45) is 1.99. The van der Waals surface area contributed by atoms with Crippen LogP contribution in [0.15, 0.2) is 29.1 Å². The summed E-state index contributed by atoms with van der Waals surface area (Å²) in [5.41, 5.74) is 0.436. The molecule has 0 amide bonds. The van der Waals surface area contributed by atoms with Crippen LogP contribution in [0.2, 0.25) is 0 Å². The van der Waals surface area contributed by atoms with E-state index in [9.17, 15) is 14.3 Å². The molecule has 4 nitrogen and oxygen atoms in total. The highest BCUT2D eigenvalue weighted by atomic mass is 19.1. The Kier molecular flexibility index (Phi) is 3.54. The van der Waals surface area contributed by atoms with E-state index < -0.39 is 0 Å². The molecule has 20 heavy (non-hydrogen) atoms. The van der Waals surface area contributed by atoms with Crippen molar-refractivity contribution in [3.05, 3.63) is 46.1 Å². The van der Waals surface area contributed by atoms with Gasteiger partial charge in [-0.1, -0.05) is 6.07 Å². The monoisotopic (exact) mass is 276 g/mol. The zero-order valence-electron chi connectivity index (χ0n) is 11.1. The van der Waals surface area contributed by atoms with Crippen molar-refractivity contribution in [1.82, 2.24) is 9.88 Å². The standard InChI is InChI=1S/C15H17FN2O2/c16-13-4-1-3-11-12(13)9-10(17-15(11)20)6-8-18-7-2-5-14(18)19/h1,3-4,9,14,19H,2,5-8H2,(H,17,20). The van der Waals surface area contributed by atoms with Crippen LogP contribution in [0.5, 0.6) is 0 Å². The maximum absolute atomic E-state index is 13.7. The highest BCUT2D eigenvalue weighted by molar-refractivity contribution is 5.82. The molecule has 5 heteroatoms. The topological polar surface area (TPSA) is 56.3 Å². The first-order valence-corrected chi connectivity index (χ1v) is 6.88. The lowest BCUT2D eigenvalue weighted by Crippen LogP contribution is -2.31. The van der Waals surface area contributed by atoms with Gasteiger partial charge in [0.2, 0.25) is 0 Å². The van der Waals surface area contributed by atoms with E-state index in [4.69, 9.17) is 0 Å². The molecule has 1 aliphatic rings. The molecule has 1 unspecified atom stereocenters. The van der Waals surface area contributed by atoms with Crippen LogP contribution in [0.1, 0.15) is 18.5 Å². The maximum atomic E-state index is 13.7. The van der Waals surface area contributed by atoms with Gasteiger partial charge in [-0.05, 0) is 31.0 Å². The molecule has 0 radical (unpaired) electrons. The Morgan fingerprint density at radius 1 is 1.40 bits per heavy atom. The van der Waals surface area contributed by atoms with Gasteiger partial charge in [0, 0.05) is 36.0 Å². The number of hydrogen-bond acceptors (Lipinski definition) is 3. The molecule has 2 aromatic rings. The zero-order chi connectivity index (χ0) is 14.1. The van der Waals surface area contributed by atoms with E-state index in [-0.39, 0.29) is 17.6 Å². The van der Waals surface area contributed by atoms with E-state index >= 15 is 0 Å². The van der Waals surface area contributed by atoms with Crippen molar-refractivity contribution >= 4 is 10.8 Å². The van der Waals surface area contributed by atoms with Crippen molar-refractivity contribution in [3.63, 3.8) is 0 Å². The Labute approximate surface area is 115 Å². The van der Waals surface area contributed by atoms with Crippen molar-refractivity contribution in [2.45, 2.75) is 25.5 Å². The third-order valence-electron chi connectivity index (χ3n) is 3.89. The minimum Gasteiger partial charge on any atom is -0.378 e. The number of nitrogens with one attached hydrogen (secondary N) is 1. The second kappa shape index (κ2) is 5.34. The van der Waals surface area contributed by atoms with Gasteiger partial charge in [-0.15, -0.1) is 0 Å². The predicted octanol–water partition coefficient (Wildman–Crippen LogP) is 1.62. The van der Waals surface area contributed by atoms with Gasteiger partial charge in [0.15, 0.2) is 0 Å². The van der Waals surface area contributed by atoms with E-state index in [1.54, 1.807) is 12.1 Å². The molecule has 2 heterocycles. The summed E-state index contributed by atoms with van der Waals surface area (Å²) in [6, 6.07) is 6.20. The number of halogens is 1. The summed E-state index contributed by atoms with van der Waals surface area (Å²) in [4.78, 5) is 16.7. The van der Waals surface area contributed by atoms with E-state index in [0.717, 1.165) is 19.4 Å². The SMILES string of the molecule is O=c1[nH]c(CCN2CCCC2O)cc2c(F)cccc12. The predicted molar refractivity (Wildman–Crippen MR) is 75.0 cm³/mol. The van der Waals surface area contributed by atoms with Crippen molar-refractivity contribution in [3.8, 4) is 0 Å². The van der Waals surface area contributed by atoms with Crippen LogP contribution in [-0.2, 0) is 6.42 Å². The van der Waals surface area contributed by atoms with Crippen LogP contribution in [0.4, 0.5) is 4.39 Å². The van der Waals surface area contributed by atoms with Gasteiger partial charge in [-0.2, -0.15) is 0 Å². The van der Waals surface area contributed by atoms with Crippen molar-refractivity contribution in [1.29, 1.82) is 0 Å². The third-order valence-corrected chi connectivity index (χ3v) is 3.89. The van der Waals surface area contributed by atoms with Gasteiger partial charge >= 0.3 is 0 Å². The molecule has 1 aromatic heterocycles. The average molecular weight is 276 g/mol. The molecule has 1 saturated heterocycles. The average Bonchev–Trinajstić information content (AvgIpc) is 2.83. The smallest absolute Gasteiger partial charge is 0.256 e. The molecule has 1 fully saturated rings. The number of hydrogen-bond donors (Lipinski definition) is 2. The molecule has 1 aromatic carbocycles. The summed E-state index contributed by atoms with van der Waals surface area (Å²) < 4.78 is 13.7. The molecule has 2 N–H and O–H groups in total. The molecule has 1 aliphatic heterocycles. The van der Waals surface area contributed by atoms with Gasteiger partial charge in [0.1, 0.15) is 12.0 Å². The molecular formula is C15H17FN2O2. The summed E-state index contributed by atoms with van der Waals surface area (Å²) in [5, 5.41) is 10.5. The van der Waals surface area contributed by atoms with E-state index in [0.29, 0.717) is 29.4 Å². The number of aromatic amines is 1. The van der Waals surface area contributed by atoms with E-state index in [1.165, 1.54) is 12.1 Å². The number of aliphatic hydroxyl groups is 1. The summed E-state index contributed by atoms with van der Waals surface area (Å²) in [7, 11) is 0. The highest BCUT2D eigenvalue weighted by Crippen LogP contribution is 2.17. The Morgan fingerprint density at radius 3 is 3.00 bits per heavy atom. The minimum atomic E-state index is -0.390. The number of rotatable bonds is 3. The van der Waals surface area contributed by atoms with Crippen LogP contribution in [0.3, 0.4) is 0 Å². The Balaban J connectivity index is 1.85. The van der Waals surface area contributed by atoms with E-state index in [1.807, 2.05) is 4.90 Å². The Morgan fingerprint density at radius 2 is 2.25 bits per heavy atom. The zero-order valence-corrected chi connectivity index (χ0v) is 11.1. The van der Waals surface area contributed by atoms with Crippen molar-refractivity contribution in [2.24, 2.45) is 0 Å². The molecule has 0 saturated carbocycles. The van der Waals surface area contributed by atoms with E-state index in [2.05, 4.69) is 4.98 Å². The molecule has 3 rings (SSSR count). The Bertz CT molecular complexity index is 683. The van der Waals surface area contributed by atoms with Gasteiger partial charge in [0.05, 0.1) is 0 Å². The van der Waals surface area contributed by atoms with Crippen molar-refractivity contribution in [2.75, 3.05) is 13.1 Å². The van der Waals surface area contributed by atoms with Crippen LogP contribution in [-0.4, -0.2) is 34.3 Å². The number of nitrogens with zero attached hydrogens (tertiary/aromatic N) is 1. The number of pyridine rings is 1. The molecule has 0 bridgehead atoms. The normalized spacial score (nSPS) is 19.8. The van der Waals surface area contributed by atoms with Crippen molar-refractivity contribution < 1.29 is 9.50 Å². The number of fused-ring (bicyclic) bond motifs is 1. The Hall–Kier alpha value is -1.72. The second-order valence-corrected chi connectivity index (χ2v) is 5.23. The lowest BCUT2D eigenvalue weighted by atomic mass is 10.1. The lowest BCUT2D eigenvalue weighted by molar-refractivity contribution is 0.0390. The molecular weight excluding hydrogens is 259 g/mol. The number of aromatic nitrogens is 1. The summed E-state index contributed by atoms with van der Waals surface area (Å²) in [6.45, 7) is 1.53. The van der Waals surface area contributed by atoms with Crippen LogP contribution >= 0.6 is 0 Å². The van der Waals surface area contributed by atoms with Gasteiger partial charge in [-0.3, -0.25) is 9.69 Å². The van der Waals surface area contributed by atoms with Crippen LogP contribution in [0, 0.1) is 5.82 Å². The van der Waals surface area contributed by atoms with Gasteiger partial charge in [-0.25, -0.2) is 4.39 Å². The highest BCUT2D eigenvalue weighted by Gasteiger charge is 2.21. The molecule has 1 atom stereocenters. The first-order chi connectivity index (χ1) is 9.65. The first-order valence-electron chi connectivity index (χ1n) is 6.88. The number of likely N-dealkylation sites (tertiary alicyclic amines) is 1. The quantitative estimate of drug-likeness (QED) is 0.895. The first kappa shape index (κ1) is 13.3. The largest absolute Gasteiger partial charge is 0.378 e. The summed E-state index contributed by atoms with van der Waals surface area (Å²) in [5.74, 6) is -0.379. The fourth-order valence-electron chi connectivity index (χ4n) is 2.77. The van der Waals surface area contributed by atoms with Gasteiger partial charge < -0.3 is 10.1 Å². The minimum absolute atomic E-state index is 0.265. The van der Waals surface area contributed by atoms with Crippen LogP contribution < -0.4 is 5.56 Å². The molecule has 0 spiro atoms. The van der Waals surface area contributed by atoms with Crippen LogP contribution in [0.25, 0.3) is 10.8 Å². The second-order valence-electron chi connectivity index (χ2n) is 5.23. The van der Waals surface area contributed by atoms with Gasteiger partial charge in [0.25, 0.3) is 5.56 Å². The fourth-order valence-corrected chi connectivity index (χ4v) is 2.77. The number of aliphatic hydroxyl groups excluding tert-OH is 1. The molecule has 0 aliphatic carbocycles. The fraction of sp³-hybridized carbons (Fsp3) is 0.400. The lowest BCUT2D eigenvalue weighted by Gasteiger charge is -2.19. The molecule has 106 valence electrons. The number of benzene rings is 1.